The van der Waals surface area contributed by atoms with E-state index in [-0.39, 0.29) is 5.91 Å². The Bertz CT molecular complexity index is 934. The van der Waals surface area contributed by atoms with E-state index >= 15 is 0 Å². The van der Waals surface area contributed by atoms with E-state index in [9.17, 15) is 4.79 Å². The van der Waals surface area contributed by atoms with Crippen molar-refractivity contribution in [1.29, 1.82) is 0 Å². The molecule has 0 radical (unpaired) electrons. The molecular formula is C18H11BrCl2N2O. The number of allylic oxidation sites excluding steroid dienone is 1. The van der Waals surface area contributed by atoms with Crippen LogP contribution < -0.4 is 0 Å². The van der Waals surface area contributed by atoms with Crippen molar-refractivity contribution in [2.45, 2.75) is 0 Å². The molecule has 0 aliphatic carbocycles. The van der Waals surface area contributed by atoms with Gasteiger partial charge in [-0.3, -0.25) is 9.36 Å². The molecule has 0 aliphatic rings. The van der Waals surface area contributed by atoms with Crippen LogP contribution in [0.5, 0.6) is 0 Å². The number of nitrogens with zero attached hydrogens (tertiary/aromatic N) is 2. The van der Waals surface area contributed by atoms with Crippen LogP contribution >= 0.6 is 39.1 Å². The molecule has 1 heterocycles. The van der Waals surface area contributed by atoms with Gasteiger partial charge in [0.05, 0.1) is 0 Å². The fourth-order valence-corrected chi connectivity index (χ4v) is 3.04. The van der Waals surface area contributed by atoms with Crippen molar-refractivity contribution in [3.63, 3.8) is 0 Å². The van der Waals surface area contributed by atoms with Crippen molar-refractivity contribution in [2.75, 3.05) is 0 Å². The Morgan fingerprint density at radius 3 is 2.42 bits per heavy atom. The Hall–Kier alpha value is -1.88. The zero-order chi connectivity index (χ0) is 17.1. The summed E-state index contributed by atoms with van der Waals surface area (Å²) in [5.74, 6) is -0.221. The maximum absolute atomic E-state index is 13.0. The Labute approximate surface area is 157 Å². The Morgan fingerprint density at radius 1 is 1.08 bits per heavy atom. The molecule has 0 aliphatic heterocycles. The third-order valence-corrected chi connectivity index (χ3v) is 4.40. The van der Waals surface area contributed by atoms with Crippen molar-refractivity contribution in [3.05, 3.63) is 86.8 Å². The van der Waals surface area contributed by atoms with E-state index in [2.05, 4.69) is 20.9 Å². The van der Waals surface area contributed by atoms with Gasteiger partial charge in [0.2, 0.25) is 0 Å². The van der Waals surface area contributed by atoms with Gasteiger partial charge in [-0.2, -0.15) is 0 Å². The fourth-order valence-electron chi connectivity index (χ4n) is 2.25. The van der Waals surface area contributed by atoms with Crippen LogP contribution in [0.2, 0.25) is 10.0 Å². The van der Waals surface area contributed by atoms with Crippen LogP contribution in [0.15, 0.2) is 65.7 Å². The molecule has 0 spiro atoms. The van der Waals surface area contributed by atoms with E-state index in [1.807, 2.05) is 18.2 Å². The zero-order valence-corrected chi connectivity index (χ0v) is 15.4. The van der Waals surface area contributed by atoms with Gasteiger partial charge in [-0.05, 0) is 57.4 Å². The van der Waals surface area contributed by atoms with Crippen molar-refractivity contribution in [2.24, 2.45) is 0 Å². The number of halogens is 3. The van der Waals surface area contributed by atoms with Gasteiger partial charge < -0.3 is 0 Å². The van der Waals surface area contributed by atoms with Crippen LogP contribution in [-0.4, -0.2) is 15.5 Å². The second kappa shape index (κ2) is 7.34. The van der Waals surface area contributed by atoms with Gasteiger partial charge in [0.1, 0.15) is 0 Å². The van der Waals surface area contributed by atoms with Gasteiger partial charge in [-0.15, -0.1) is 0 Å². The summed E-state index contributed by atoms with van der Waals surface area (Å²) in [7, 11) is 0. The predicted octanol–water partition coefficient (Wildman–Crippen LogP) is 5.83. The summed E-state index contributed by atoms with van der Waals surface area (Å²) in [5, 5.41) is 1.16. The van der Waals surface area contributed by atoms with Crippen LogP contribution in [0.1, 0.15) is 15.9 Å². The largest absolute Gasteiger partial charge is 0.268 e. The van der Waals surface area contributed by atoms with E-state index in [0.717, 1.165) is 5.56 Å². The number of carbonyl (C=O) groups excluding carboxylic acids is 1. The average molecular weight is 422 g/mol. The molecule has 0 amide bonds. The maximum Gasteiger partial charge on any atom is 0.264 e. The lowest BCUT2D eigenvalue weighted by Gasteiger charge is -2.09. The van der Waals surface area contributed by atoms with Crippen LogP contribution in [0, 0.1) is 0 Å². The number of aromatic nitrogens is 2. The molecule has 24 heavy (non-hydrogen) atoms. The molecule has 0 bridgehead atoms. The molecule has 2 aromatic carbocycles. The molecule has 3 nitrogen and oxygen atoms in total. The first-order valence-corrected chi connectivity index (χ1v) is 8.56. The minimum Gasteiger partial charge on any atom is -0.268 e. The minimum atomic E-state index is -0.221. The molecule has 0 saturated heterocycles. The molecule has 3 rings (SSSR count). The first kappa shape index (κ1) is 17.0. The van der Waals surface area contributed by atoms with Gasteiger partial charge in [-0.25, -0.2) is 4.98 Å². The Balaban J connectivity index is 2.14. The maximum atomic E-state index is 13.0. The van der Waals surface area contributed by atoms with Crippen LogP contribution in [0.3, 0.4) is 0 Å². The number of imidazole rings is 1. The van der Waals surface area contributed by atoms with Crippen molar-refractivity contribution >= 4 is 56.7 Å². The summed E-state index contributed by atoms with van der Waals surface area (Å²) < 4.78 is 1.86. The molecule has 0 unspecified atom stereocenters. The van der Waals surface area contributed by atoms with Crippen LogP contribution in [0.4, 0.5) is 0 Å². The highest BCUT2D eigenvalue weighted by molar-refractivity contribution is 9.10. The lowest BCUT2D eigenvalue weighted by Crippen LogP contribution is -2.12. The Morgan fingerprint density at radius 2 is 1.79 bits per heavy atom. The minimum absolute atomic E-state index is 0.221. The van der Waals surface area contributed by atoms with E-state index in [1.54, 1.807) is 48.8 Å². The topological polar surface area (TPSA) is 34.9 Å². The molecular weight excluding hydrogens is 411 g/mol. The molecule has 3 aromatic rings. The first-order valence-electron chi connectivity index (χ1n) is 7.01. The second-order valence-corrected chi connectivity index (χ2v) is 6.58. The average Bonchev–Trinajstić information content (AvgIpc) is 2.98. The number of hydrogen-bond acceptors (Lipinski definition) is 2. The van der Waals surface area contributed by atoms with Crippen molar-refractivity contribution in [3.8, 4) is 0 Å². The summed E-state index contributed by atoms with van der Waals surface area (Å²) in [6.45, 7) is 0. The Kier molecular flexibility index (Phi) is 5.19. The van der Waals surface area contributed by atoms with Crippen molar-refractivity contribution in [1.82, 2.24) is 9.55 Å². The van der Waals surface area contributed by atoms with Gasteiger partial charge >= 0.3 is 0 Å². The van der Waals surface area contributed by atoms with Crippen LogP contribution in [0.25, 0.3) is 11.6 Å². The fraction of sp³-hybridized carbons (Fsp3) is 0. The number of rotatable bonds is 3. The van der Waals surface area contributed by atoms with E-state index in [4.69, 9.17) is 23.2 Å². The smallest absolute Gasteiger partial charge is 0.264 e. The molecule has 0 fully saturated rings. The highest BCUT2D eigenvalue weighted by atomic mass is 79.9. The second-order valence-electron chi connectivity index (χ2n) is 4.99. The molecule has 0 atom stereocenters. The quantitative estimate of drug-likeness (QED) is 0.393. The summed E-state index contributed by atoms with van der Waals surface area (Å²) in [5.41, 5.74) is 2.02. The summed E-state index contributed by atoms with van der Waals surface area (Å²) in [6.07, 6.45) is 4.94. The molecule has 6 heteroatoms. The van der Waals surface area contributed by atoms with Gasteiger partial charge in [0.15, 0.2) is 4.73 Å². The molecule has 1 aromatic heterocycles. The predicted molar refractivity (Wildman–Crippen MR) is 101 cm³/mol. The van der Waals surface area contributed by atoms with E-state index in [1.165, 1.54) is 4.57 Å². The van der Waals surface area contributed by atoms with Gasteiger partial charge in [-0.1, -0.05) is 47.5 Å². The third-order valence-electron chi connectivity index (χ3n) is 3.34. The summed E-state index contributed by atoms with van der Waals surface area (Å²) >= 11 is 15.4. The molecule has 0 N–H and O–H groups in total. The van der Waals surface area contributed by atoms with Crippen LogP contribution in [-0.2, 0) is 0 Å². The highest BCUT2D eigenvalue weighted by Crippen LogP contribution is 2.25. The lowest BCUT2D eigenvalue weighted by atomic mass is 10.0. The number of carbonyl (C=O) groups is 1. The lowest BCUT2D eigenvalue weighted by molar-refractivity contribution is 0.0978. The highest BCUT2D eigenvalue weighted by Gasteiger charge is 2.17. The normalized spacial score (nSPS) is 11.5. The van der Waals surface area contributed by atoms with Gasteiger partial charge in [0, 0.05) is 28.0 Å². The standard InChI is InChI=1S/C18H11BrCl2N2O/c19-18-22-7-8-23(18)17(24)16(13-4-2-6-15(21)11-13)10-12-3-1-5-14(20)9-12/h1-11H/b16-10+. The number of benzene rings is 2. The summed E-state index contributed by atoms with van der Waals surface area (Å²) in [6, 6.07) is 14.5. The monoisotopic (exact) mass is 420 g/mol. The zero-order valence-electron chi connectivity index (χ0n) is 12.3. The van der Waals surface area contributed by atoms with E-state index < -0.39 is 0 Å². The third kappa shape index (κ3) is 3.78. The first-order chi connectivity index (χ1) is 11.5. The van der Waals surface area contributed by atoms with Gasteiger partial charge in [0.25, 0.3) is 5.91 Å². The summed E-state index contributed by atoms with van der Waals surface area (Å²) in [4.78, 5) is 17.0. The van der Waals surface area contributed by atoms with Crippen molar-refractivity contribution < 1.29 is 4.79 Å². The number of hydrogen-bond donors (Lipinski definition) is 0. The van der Waals surface area contributed by atoms with E-state index in [0.29, 0.717) is 25.9 Å². The molecule has 0 saturated carbocycles. The molecule has 120 valence electrons. The SMILES string of the molecule is O=C(/C(=C/c1cccc(Cl)c1)c1cccc(Cl)c1)n1ccnc1Br.